The van der Waals surface area contributed by atoms with Crippen LogP contribution in [0.25, 0.3) is 11.7 Å². The quantitative estimate of drug-likeness (QED) is 0.810. The molecule has 6 nitrogen and oxygen atoms in total. The van der Waals surface area contributed by atoms with Gasteiger partial charge in [-0.05, 0) is 25.5 Å². The van der Waals surface area contributed by atoms with E-state index in [1.165, 1.54) is 0 Å². The number of hydrogen-bond acceptors (Lipinski definition) is 5. The molecule has 1 N–H and O–H groups in total. The average Bonchev–Trinajstić information content (AvgIpc) is 3.14. The number of carbonyl (C=O) groups is 1. The molecule has 0 aliphatic heterocycles. The van der Waals surface area contributed by atoms with E-state index >= 15 is 0 Å². The van der Waals surface area contributed by atoms with Crippen LogP contribution in [0.15, 0.2) is 27.2 Å². The molecule has 0 saturated heterocycles. The SMILES string of the molecule is CCCCN(CCO)C(=O)Cc1nc(-c2ccco2)oc1C. The maximum Gasteiger partial charge on any atom is 0.263 e. The van der Waals surface area contributed by atoms with Crippen LogP contribution in [-0.4, -0.2) is 40.6 Å². The molecule has 0 unspecified atom stereocenters. The highest BCUT2D eigenvalue weighted by Crippen LogP contribution is 2.22. The van der Waals surface area contributed by atoms with Crippen LogP contribution in [-0.2, 0) is 11.2 Å². The Morgan fingerprint density at radius 3 is 2.86 bits per heavy atom. The fourth-order valence-electron chi connectivity index (χ4n) is 2.18. The number of aliphatic hydroxyl groups is 1. The van der Waals surface area contributed by atoms with Crippen LogP contribution in [0, 0.1) is 6.92 Å². The van der Waals surface area contributed by atoms with Crippen LogP contribution < -0.4 is 0 Å². The van der Waals surface area contributed by atoms with E-state index in [1.54, 1.807) is 30.2 Å². The molecule has 0 aromatic carbocycles. The molecule has 6 heteroatoms. The van der Waals surface area contributed by atoms with Gasteiger partial charge in [-0.15, -0.1) is 0 Å². The van der Waals surface area contributed by atoms with E-state index in [1.807, 2.05) is 0 Å². The van der Waals surface area contributed by atoms with E-state index in [0.29, 0.717) is 36.2 Å². The third kappa shape index (κ3) is 3.98. The van der Waals surface area contributed by atoms with Crippen molar-refractivity contribution in [1.29, 1.82) is 0 Å². The fraction of sp³-hybridized carbons (Fsp3) is 0.500. The Kier molecular flexibility index (Phi) is 5.77. The second-order valence-electron chi connectivity index (χ2n) is 5.13. The number of nitrogens with zero attached hydrogens (tertiary/aromatic N) is 2. The van der Waals surface area contributed by atoms with E-state index in [-0.39, 0.29) is 18.9 Å². The highest BCUT2D eigenvalue weighted by atomic mass is 16.4. The topological polar surface area (TPSA) is 79.7 Å². The first kappa shape index (κ1) is 16.3. The lowest BCUT2D eigenvalue weighted by Gasteiger charge is -2.21. The summed E-state index contributed by atoms with van der Waals surface area (Å²) in [7, 11) is 0. The van der Waals surface area contributed by atoms with Crippen LogP contribution in [0.1, 0.15) is 31.2 Å². The third-order valence-corrected chi connectivity index (χ3v) is 3.45. The predicted molar refractivity (Wildman–Crippen MR) is 81.2 cm³/mol. The molecule has 0 aliphatic rings. The number of amides is 1. The van der Waals surface area contributed by atoms with Gasteiger partial charge in [0, 0.05) is 13.1 Å². The van der Waals surface area contributed by atoms with Crippen LogP contribution in [0.3, 0.4) is 0 Å². The fourth-order valence-corrected chi connectivity index (χ4v) is 2.18. The standard InChI is InChI=1S/C16H22N2O4/c1-3-4-7-18(8-9-19)15(20)11-13-12(2)22-16(17-13)14-6-5-10-21-14/h5-6,10,19H,3-4,7-9,11H2,1-2H3. The highest BCUT2D eigenvalue weighted by molar-refractivity contribution is 5.78. The summed E-state index contributed by atoms with van der Waals surface area (Å²) in [5.74, 6) is 1.48. The summed E-state index contributed by atoms with van der Waals surface area (Å²) in [5, 5.41) is 9.09. The van der Waals surface area contributed by atoms with Crippen LogP contribution in [0.2, 0.25) is 0 Å². The number of aromatic nitrogens is 1. The van der Waals surface area contributed by atoms with Crippen molar-refractivity contribution in [3.8, 4) is 11.7 Å². The minimum atomic E-state index is -0.0510. The van der Waals surface area contributed by atoms with Gasteiger partial charge in [0.25, 0.3) is 5.89 Å². The normalized spacial score (nSPS) is 10.9. The molecule has 0 bridgehead atoms. The van der Waals surface area contributed by atoms with Gasteiger partial charge in [-0.3, -0.25) is 4.79 Å². The molecule has 120 valence electrons. The predicted octanol–water partition coefficient (Wildman–Crippen LogP) is 2.41. The second-order valence-corrected chi connectivity index (χ2v) is 5.13. The summed E-state index contributed by atoms with van der Waals surface area (Å²) in [6.45, 7) is 4.81. The summed E-state index contributed by atoms with van der Waals surface area (Å²) in [6.07, 6.45) is 3.63. The third-order valence-electron chi connectivity index (χ3n) is 3.45. The highest BCUT2D eigenvalue weighted by Gasteiger charge is 2.19. The minimum absolute atomic E-state index is 0.0368. The van der Waals surface area contributed by atoms with Crippen molar-refractivity contribution in [2.24, 2.45) is 0 Å². The first-order chi connectivity index (χ1) is 10.7. The molecule has 2 heterocycles. The molecule has 0 fully saturated rings. The molecule has 0 radical (unpaired) electrons. The molecule has 2 aromatic heterocycles. The Morgan fingerprint density at radius 2 is 2.23 bits per heavy atom. The Morgan fingerprint density at radius 1 is 1.41 bits per heavy atom. The molecule has 0 spiro atoms. The van der Waals surface area contributed by atoms with Crippen molar-refractivity contribution in [2.75, 3.05) is 19.7 Å². The lowest BCUT2D eigenvalue weighted by atomic mass is 10.2. The molecular weight excluding hydrogens is 284 g/mol. The van der Waals surface area contributed by atoms with Crippen molar-refractivity contribution >= 4 is 5.91 Å². The first-order valence-corrected chi connectivity index (χ1v) is 7.54. The van der Waals surface area contributed by atoms with Gasteiger partial charge in [-0.1, -0.05) is 13.3 Å². The number of carbonyl (C=O) groups excluding carboxylic acids is 1. The van der Waals surface area contributed by atoms with Crippen molar-refractivity contribution in [1.82, 2.24) is 9.88 Å². The van der Waals surface area contributed by atoms with Gasteiger partial charge in [0.15, 0.2) is 5.76 Å². The maximum absolute atomic E-state index is 12.4. The number of rotatable bonds is 8. The van der Waals surface area contributed by atoms with Crippen LogP contribution in [0.5, 0.6) is 0 Å². The number of hydrogen-bond donors (Lipinski definition) is 1. The van der Waals surface area contributed by atoms with E-state index in [2.05, 4.69) is 11.9 Å². The zero-order valence-electron chi connectivity index (χ0n) is 13.0. The van der Waals surface area contributed by atoms with Gasteiger partial charge in [0.05, 0.1) is 25.0 Å². The molecule has 1 amide bonds. The Labute approximate surface area is 129 Å². The Balaban J connectivity index is 2.07. The van der Waals surface area contributed by atoms with E-state index < -0.39 is 0 Å². The van der Waals surface area contributed by atoms with Crippen molar-refractivity contribution in [3.05, 3.63) is 29.9 Å². The van der Waals surface area contributed by atoms with Gasteiger partial charge < -0.3 is 18.8 Å². The van der Waals surface area contributed by atoms with Gasteiger partial charge in [0.2, 0.25) is 5.91 Å². The summed E-state index contributed by atoms with van der Waals surface area (Å²) in [6, 6.07) is 3.52. The van der Waals surface area contributed by atoms with Gasteiger partial charge in [0.1, 0.15) is 5.76 Å². The largest absolute Gasteiger partial charge is 0.459 e. The molecule has 2 rings (SSSR count). The van der Waals surface area contributed by atoms with E-state index in [9.17, 15) is 4.79 Å². The zero-order valence-corrected chi connectivity index (χ0v) is 13.0. The molecule has 0 aliphatic carbocycles. The molecule has 0 atom stereocenters. The van der Waals surface area contributed by atoms with Crippen LogP contribution in [0.4, 0.5) is 0 Å². The smallest absolute Gasteiger partial charge is 0.263 e. The monoisotopic (exact) mass is 306 g/mol. The lowest BCUT2D eigenvalue weighted by molar-refractivity contribution is -0.131. The number of aliphatic hydroxyl groups excluding tert-OH is 1. The number of unbranched alkanes of at least 4 members (excludes halogenated alkanes) is 1. The maximum atomic E-state index is 12.4. The number of aryl methyl sites for hydroxylation is 1. The second kappa shape index (κ2) is 7.79. The first-order valence-electron chi connectivity index (χ1n) is 7.54. The van der Waals surface area contributed by atoms with Gasteiger partial charge in [-0.25, -0.2) is 4.98 Å². The van der Waals surface area contributed by atoms with Crippen LogP contribution >= 0.6 is 0 Å². The summed E-state index contributed by atoms with van der Waals surface area (Å²) >= 11 is 0. The minimum Gasteiger partial charge on any atom is -0.459 e. The Hall–Kier alpha value is -2.08. The lowest BCUT2D eigenvalue weighted by Crippen LogP contribution is -2.35. The van der Waals surface area contributed by atoms with E-state index in [4.69, 9.17) is 13.9 Å². The number of oxazole rings is 1. The number of furan rings is 1. The van der Waals surface area contributed by atoms with Gasteiger partial charge in [-0.2, -0.15) is 0 Å². The van der Waals surface area contributed by atoms with Crippen molar-refractivity contribution < 1.29 is 18.7 Å². The molecule has 2 aromatic rings. The molecular formula is C16H22N2O4. The average molecular weight is 306 g/mol. The van der Waals surface area contributed by atoms with Crippen molar-refractivity contribution in [3.63, 3.8) is 0 Å². The molecule has 22 heavy (non-hydrogen) atoms. The Bertz CT molecular complexity index is 589. The zero-order chi connectivity index (χ0) is 15.9. The molecule has 0 saturated carbocycles. The summed E-state index contributed by atoms with van der Waals surface area (Å²) in [5.41, 5.74) is 0.607. The van der Waals surface area contributed by atoms with E-state index in [0.717, 1.165) is 12.8 Å². The summed E-state index contributed by atoms with van der Waals surface area (Å²) in [4.78, 5) is 18.4. The summed E-state index contributed by atoms with van der Waals surface area (Å²) < 4.78 is 10.8. The van der Waals surface area contributed by atoms with Gasteiger partial charge >= 0.3 is 0 Å². The van der Waals surface area contributed by atoms with Crippen molar-refractivity contribution in [2.45, 2.75) is 33.1 Å².